The monoisotopic (exact) mass is 360 g/mol. The second-order valence-electron chi connectivity index (χ2n) is 6.46. The van der Waals surface area contributed by atoms with E-state index in [2.05, 4.69) is 6.07 Å². The number of hydrogen-bond donors (Lipinski definition) is 0. The molecular formula is C19H24N2O3S. The number of ether oxygens (including phenoxy) is 1. The van der Waals surface area contributed by atoms with Crippen LogP contribution in [0.1, 0.15) is 48.8 Å². The van der Waals surface area contributed by atoms with E-state index in [1.54, 1.807) is 31.4 Å². The summed E-state index contributed by atoms with van der Waals surface area (Å²) in [6.07, 6.45) is 6.38. The van der Waals surface area contributed by atoms with Crippen LogP contribution in [0.15, 0.2) is 18.2 Å². The van der Waals surface area contributed by atoms with Crippen molar-refractivity contribution in [3.05, 3.63) is 28.0 Å². The number of carbonyl (C=O) groups excluding carboxylic acids is 2. The molecule has 1 aliphatic rings. The van der Waals surface area contributed by atoms with Gasteiger partial charge in [0.1, 0.15) is 5.54 Å². The zero-order valence-electron chi connectivity index (χ0n) is 14.9. The van der Waals surface area contributed by atoms with E-state index in [-0.39, 0.29) is 5.91 Å². The third-order valence-electron chi connectivity index (χ3n) is 4.65. The van der Waals surface area contributed by atoms with Gasteiger partial charge in [-0.25, -0.2) is 4.79 Å². The molecule has 1 fully saturated rings. The molecule has 1 heterocycles. The molecule has 0 unspecified atom stereocenters. The van der Waals surface area contributed by atoms with Gasteiger partial charge < -0.3 is 9.64 Å². The van der Waals surface area contributed by atoms with Crippen LogP contribution in [0.3, 0.4) is 0 Å². The van der Waals surface area contributed by atoms with Crippen LogP contribution in [0.25, 0.3) is 6.08 Å². The molecule has 1 aromatic heterocycles. The van der Waals surface area contributed by atoms with Gasteiger partial charge >= 0.3 is 5.97 Å². The smallest absolute Gasteiger partial charge is 0.331 e. The Morgan fingerprint density at radius 3 is 2.60 bits per heavy atom. The number of likely N-dealkylation sites (N-methyl/N-ethyl adjacent to an activating group) is 1. The number of carbonyl (C=O) groups is 2. The van der Waals surface area contributed by atoms with E-state index in [1.807, 2.05) is 19.1 Å². The predicted octanol–water partition coefficient (Wildman–Crippen LogP) is 3.69. The van der Waals surface area contributed by atoms with Crippen molar-refractivity contribution in [3.8, 4) is 6.07 Å². The highest BCUT2D eigenvalue weighted by Crippen LogP contribution is 2.32. The summed E-state index contributed by atoms with van der Waals surface area (Å²) >= 11 is 1.58. The molecule has 0 N–H and O–H groups in total. The quantitative estimate of drug-likeness (QED) is 0.593. The van der Waals surface area contributed by atoms with Crippen LogP contribution in [-0.4, -0.2) is 35.5 Å². The first-order valence-corrected chi connectivity index (χ1v) is 9.34. The van der Waals surface area contributed by atoms with Crippen molar-refractivity contribution >= 4 is 29.3 Å². The largest absolute Gasteiger partial charge is 0.449 e. The van der Waals surface area contributed by atoms with Gasteiger partial charge in [-0.2, -0.15) is 5.26 Å². The van der Waals surface area contributed by atoms with Crippen molar-refractivity contribution in [3.63, 3.8) is 0 Å². The van der Waals surface area contributed by atoms with Crippen molar-refractivity contribution < 1.29 is 14.3 Å². The molecule has 25 heavy (non-hydrogen) atoms. The first-order valence-electron chi connectivity index (χ1n) is 8.52. The summed E-state index contributed by atoms with van der Waals surface area (Å²) in [4.78, 5) is 28.1. The van der Waals surface area contributed by atoms with Crippen LogP contribution in [0.4, 0.5) is 0 Å². The Labute approximate surface area is 152 Å². The van der Waals surface area contributed by atoms with Crippen molar-refractivity contribution in [2.75, 3.05) is 7.05 Å². The van der Waals surface area contributed by atoms with Gasteiger partial charge in [0, 0.05) is 22.9 Å². The highest BCUT2D eigenvalue weighted by Gasteiger charge is 2.40. The second kappa shape index (κ2) is 8.30. The normalized spacial score (nSPS) is 17.7. The van der Waals surface area contributed by atoms with Gasteiger partial charge in [0.25, 0.3) is 5.91 Å². The molecule has 0 radical (unpaired) electrons. The number of aryl methyl sites for hydroxylation is 1. The van der Waals surface area contributed by atoms with Gasteiger partial charge in [-0.3, -0.25) is 4.79 Å². The van der Waals surface area contributed by atoms with Crippen molar-refractivity contribution in [1.29, 1.82) is 5.26 Å². The van der Waals surface area contributed by atoms with Crippen LogP contribution in [0.2, 0.25) is 0 Å². The number of thiophene rings is 1. The molecule has 1 atom stereocenters. The molecular weight excluding hydrogens is 336 g/mol. The number of rotatable bonds is 5. The van der Waals surface area contributed by atoms with Gasteiger partial charge in [0.05, 0.1) is 6.07 Å². The first-order chi connectivity index (χ1) is 11.9. The molecule has 1 aromatic rings. The average Bonchev–Trinajstić information content (AvgIpc) is 3.04. The second-order valence-corrected chi connectivity index (χ2v) is 7.78. The fraction of sp³-hybridized carbons (Fsp3) is 0.526. The van der Waals surface area contributed by atoms with E-state index >= 15 is 0 Å². The maximum absolute atomic E-state index is 12.6. The molecule has 0 aromatic carbocycles. The van der Waals surface area contributed by atoms with E-state index in [1.165, 1.54) is 11.0 Å². The van der Waals surface area contributed by atoms with Crippen LogP contribution in [0, 0.1) is 18.3 Å². The third-order valence-corrected chi connectivity index (χ3v) is 5.61. The molecule has 1 saturated carbocycles. The summed E-state index contributed by atoms with van der Waals surface area (Å²) in [5, 5.41) is 9.58. The van der Waals surface area contributed by atoms with Crippen LogP contribution < -0.4 is 0 Å². The van der Waals surface area contributed by atoms with E-state index in [9.17, 15) is 14.9 Å². The van der Waals surface area contributed by atoms with E-state index < -0.39 is 17.6 Å². The lowest BCUT2D eigenvalue weighted by molar-refractivity contribution is -0.157. The summed E-state index contributed by atoms with van der Waals surface area (Å²) in [5.74, 6) is -0.896. The lowest BCUT2D eigenvalue weighted by Gasteiger charge is -2.39. The molecule has 0 aliphatic heterocycles. The highest BCUT2D eigenvalue weighted by atomic mass is 32.1. The maximum Gasteiger partial charge on any atom is 0.331 e. The zero-order chi connectivity index (χ0) is 18.4. The van der Waals surface area contributed by atoms with Gasteiger partial charge in [-0.15, -0.1) is 11.3 Å². The maximum atomic E-state index is 12.6. The van der Waals surface area contributed by atoms with Crippen molar-refractivity contribution in [1.82, 2.24) is 4.90 Å². The first kappa shape index (κ1) is 19.2. The minimum Gasteiger partial charge on any atom is -0.449 e. The summed E-state index contributed by atoms with van der Waals surface area (Å²) in [7, 11) is 1.63. The Hall–Kier alpha value is -2.13. The Balaban J connectivity index is 1.95. The lowest BCUT2D eigenvalue weighted by atomic mass is 9.81. The number of esters is 1. The standard InChI is InChI=1S/C19H24N2O3S/c1-14-7-8-16(25-14)9-10-17(22)24-15(2)18(23)21(3)19(13-20)11-5-4-6-12-19/h7-10,15H,4-6,11-12H2,1-3H3/b10-9+/t15-/m1/s1. The minimum atomic E-state index is -0.917. The average molecular weight is 360 g/mol. The molecule has 1 amide bonds. The Bertz CT molecular complexity index is 696. The number of nitrogens with zero attached hydrogens (tertiary/aromatic N) is 2. The summed E-state index contributed by atoms with van der Waals surface area (Å²) in [5.41, 5.74) is -0.777. The lowest BCUT2D eigenvalue weighted by Crippen LogP contribution is -2.53. The number of nitriles is 1. The molecule has 0 saturated heterocycles. The fourth-order valence-corrected chi connectivity index (χ4v) is 3.88. The van der Waals surface area contributed by atoms with E-state index in [0.717, 1.165) is 29.0 Å². The van der Waals surface area contributed by atoms with Crippen molar-refractivity contribution in [2.24, 2.45) is 0 Å². The summed E-state index contributed by atoms with van der Waals surface area (Å²) in [6.45, 7) is 3.54. The molecule has 5 nitrogen and oxygen atoms in total. The molecule has 0 spiro atoms. The molecule has 1 aliphatic carbocycles. The fourth-order valence-electron chi connectivity index (χ4n) is 3.10. The molecule has 6 heteroatoms. The molecule has 2 rings (SSSR count). The zero-order valence-corrected chi connectivity index (χ0v) is 15.8. The Kier molecular flexibility index (Phi) is 6.38. The van der Waals surface area contributed by atoms with Crippen LogP contribution >= 0.6 is 11.3 Å². The third kappa shape index (κ3) is 4.70. The number of amides is 1. The van der Waals surface area contributed by atoms with Gasteiger partial charge in [-0.05, 0) is 44.9 Å². The minimum absolute atomic E-state index is 0.336. The SMILES string of the molecule is Cc1ccc(/C=C/C(=O)O[C@H](C)C(=O)N(C)C2(C#N)CCCCC2)s1. The van der Waals surface area contributed by atoms with Crippen LogP contribution in [0.5, 0.6) is 0 Å². The topological polar surface area (TPSA) is 70.4 Å². The van der Waals surface area contributed by atoms with Crippen molar-refractivity contribution in [2.45, 2.75) is 57.6 Å². The van der Waals surface area contributed by atoms with Gasteiger partial charge in [0.2, 0.25) is 0 Å². The van der Waals surface area contributed by atoms with E-state index in [4.69, 9.17) is 4.74 Å². The van der Waals surface area contributed by atoms with Gasteiger partial charge in [-0.1, -0.05) is 19.3 Å². The highest BCUT2D eigenvalue weighted by molar-refractivity contribution is 7.12. The molecule has 0 bridgehead atoms. The number of hydrogen-bond acceptors (Lipinski definition) is 5. The summed E-state index contributed by atoms with van der Waals surface area (Å²) in [6, 6.07) is 6.20. The Morgan fingerprint density at radius 1 is 1.36 bits per heavy atom. The van der Waals surface area contributed by atoms with E-state index in [0.29, 0.717) is 12.8 Å². The predicted molar refractivity (Wildman–Crippen MR) is 97.8 cm³/mol. The van der Waals surface area contributed by atoms with Gasteiger partial charge in [0.15, 0.2) is 6.10 Å². The Morgan fingerprint density at radius 2 is 2.04 bits per heavy atom. The van der Waals surface area contributed by atoms with Crippen LogP contribution in [-0.2, 0) is 14.3 Å². The summed E-state index contributed by atoms with van der Waals surface area (Å²) < 4.78 is 5.22. The molecule has 134 valence electrons.